The molecule has 0 aliphatic rings. The first-order valence-corrected chi connectivity index (χ1v) is 3.94. The number of anilines is 1. The fourth-order valence-corrected chi connectivity index (χ4v) is 1.25. The normalized spacial score (nSPS) is 10.6. The van der Waals surface area contributed by atoms with Crippen molar-refractivity contribution in [2.45, 2.75) is 0 Å². The average Bonchev–Trinajstić information content (AvgIpc) is 2.62. The van der Waals surface area contributed by atoms with Gasteiger partial charge in [0.25, 0.3) is 0 Å². The Labute approximate surface area is 75.8 Å². The Balaban J connectivity index is 2.52. The van der Waals surface area contributed by atoms with Crippen LogP contribution in [0.3, 0.4) is 0 Å². The van der Waals surface area contributed by atoms with Crippen LogP contribution in [-0.2, 0) is 14.1 Å². The molecular weight excluding hydrogens is 166 g/mol. The van der Waals surface area contributed by atoms with Crippen molar-refractivity contribution in [2.24, 2.45) is 14.1 Å². The lowest BCUT2D eigenvalue weighted by Crippen LogP contribution is -1.98. The Morgan fingerprint density at radius 2 is 2.08 bits per heavy atom. The molecule has 2 aromatic heterocycles. The molecule has 5 heteroatoms. The van der Waals surface area contributed by atoms with Gasteiger partial charge in [0.15, 0.2) is 5.95 Å². The Bertz CT molecular complexity index is 425. The van der Waals surface area contributed by atoms with Crippen molar-refractivity contribution >= 4 is 5.95 Å². The van der Waals surface area contributed by atoms with Crippen molar-refractivity contribution in [3.8, 4) is 11.3 Å². The van der Waals surface area contributed by atoms with Crippen LogP contribution in [0.5, 0.6) is 0 Å². The molecule has 0 saturated heterocycles. The summed E-state index contributed by atoms with van der Waals surface area (Å²) in [5, 5.41) is 4.08. The molecule has 0 amide bonds. The summed E-state index contributed by atoms with van der Waals surface area (Å²) in [5.74, 6) is 0.513. The van der Waals surface area contributed by atoms with E-state index in [9.17, 15) is 0 Å². The third-order valence-electron chi connectivity index (χ3n) is 2.02. The molecule has 2 rings (SSSR count). The van der Waals surface area contributed by atoms with Gasteiger partial charge in [-0.2, -0.15) is 5.10 Å². The molecule has 2 N–H and O–H groups in total. The number of aromatic nitrogens is 4. The largest absolute Gasteiger partial charge is 0.369 e. The van der Waals surface area contributed by atoms with Gasteiger partial charge < -0.3 is 10.3 Å². The first-order valence-electron chi connectivity index (χ1n) is 3.94. The highest BCUT2D eigenvalue weighted by Crippen LogP contribution is 2.19. The number of nitrogens with two attached hydrogens (primary N) is 1. The van der Waals surface area contributed by atoms with E-state index in [4.69, 9.17) is 5.73 Å². The van der Waals surface area contributed by atoms with Gasteiger partial charge in [-0.25, -0.2) is 4.98 Å². The van der Waals surface area contributed by atoms with Crippen LogP contribution in [-0.4, -0.2) is 19.3 Å². The van der Waals surface area contributed by atoms with Crippen LogP contribution in [0, 0.1) is 0 Å². The van der Waals surface area contributed by atoms with Gasteiger partial charge in [0.2, 0.25) is 0 Å². The monoisotopic (exact) mass is 177 g/mol. The van der Waals surface area contributed by atoms with E-state index in [0.29, 0.717) is 5.95 Å². The zero-order valence-corrected chi connectivity index (χ0v) is 7.60. The first kappa shape index (κ1) is 7.85. The van der Waals surface area contributed by atoms with E-state index in [1.165, 1.54) is 0 Å². The number of hydrogen-bond acceptors (Lipinski definition) is 3. The molecule has 0 aliphatic heterocycles. The SMILES string of the molecule is Cn1cc(-c2cnc(N)n2C)cn1. The van der Waals surface area contributed by atoms with Crippen molar-refractivity contribution < 1.29 is 0 Å². The molecule has 5 nitrogen and oxygen atoms in total. The van der Waals surface area contributed by atoms with Crippen LogP contribution < -0.4 is 5.73 Å². The lowest BCUT2D eigenvalue weighted by molar-refractivity contribution is 0.768. The fourth-order valence-electron chi connectivity index (χ4n) is 1.25. The topological polar surface area (TPSA) is 61.7 Å². The number of aryl methyl sites for hydroxylation is 1. The maximum atomic E-state index is 5.61. The summed E-state index contributed by atoms with van der Waals surface area (Å²) < 4.78 is 3.58. The van der Waals surface area contributed by atoms with Gasteiger partial charge in [0, 0.05) is 25.9 Å². The van der Waals surface area contributed by atoms with Gasteiger partial charge in [0.05, 0.1) is 18.1 Å². The zero-order valence-electron chi connectivity index (χ0n) is 7.60. The van der Waals surface area contributed by atoms with Crippen LogP contribution >= 0.6 is 0 Å². The molecule has 0 bridgehead atoms. The first-order chi connectivity index (χ1) is 6.18. The third-order valence-corrected chi connectivity index (χ3v) is 2.02. The molecule has 0 atom stereocenters. The summed E-state index contributed by atoms with van der Waals surface area (Å²) in [6, 6.07) is 0. The molecule has 0 spiro atoms. The molecule has 13 heavy (non-hydrogen) atoms. The summed E-state index contributed by atoms with van der Waals surface area (Å²) in [6.07, 6.45) is 5.46. The van der Waals surface area contributed by atoms with Crippen molar-refractivity contribution in [1.29, 1.82) is 0 Å². The van der Waals surface area contributed by atoms with Crippen LogP contribution in [0.15, 0.2) is 18.6 Å². The second-order valence-corrected chi connectivity index (χ2v) is 2.96. The van der Waals surface area contributed by atoms with Gasteiger partial charge in [-0.1, -0.05) is 0 Å². The highest BCUT2D eigenvalue weighted by molar-refractivity contribution is 5.58. The predicted molar refractivity (Wildman–Crippen MR) is 49.8 cm³/mol. The number of rotatable bonds is 1. The van der Waals surface area contributed by atoms with Crippen molar-refractivity contribution in [1.82, 2.24) is 19.3 Å². The Hall–Kier alpha value is -1.78. The summed E-state index contributed by atoms with van der Waals surface area (Å²) in [4.78, 5) is 4.01. The van der Waals surface area contributed by atoms with Crippen LogP contribution in [0.2, 0.25) is 0 Å². The summed E-state index contributed by atoms with van der Waals surface area (Å²) >= 11 is 0. The molecule has 0 fully saturated rings. The Kier molecular flexibility index (Phi) is 1.58. The smallest absolute Gasteiger partial charge is 0.200 e. The molecule has 0 saturated carbocycles. The Morgan fingerprint density at radius 3 is 2.54 bits per heavy atom. The molecule has 0 aromatic carbocycles. The van der Waals surface area contributed by atoms with Gasteiger partial charge in [-0.3, -0.25) is 4.68 Å². The van der Waals surface area contributed by atoms with Crippen LogP contribution in [0.25, 0.3) is 11.3 Å². The molecule has 68 valence electrons. The fraction of sp³-hybridized carbons (Fsp3) is 0.250. The van der Waals surface area contributed by atoms with Gasteiger partial charge in [-0.05, 0) is 0 Å². The number of nitrogen functional groups attached to an aromatic ring is 1. The van der Waals surface area contributed by atoms with Gasteiger partial charge >= 0.3 is 0 Å². The molecule has 2 heterocycles. The number of hydrogen-bond donors (Lipinski definition) is 1. The molecule has 2 aromatic rings. The van der Waals surface area contributed by atoms with E-state index in [-0.39, 0.29) is 0 Å². The summed E-state index contributed by atoms with van der Waals surface area (Å²) in [5.41, 5.74) is 7.61. The zero-order chi connectivity index (χ0) is 9.42. The minimum Gasteiger partial charge on any atom is -0.369 e. The number of nitrogens with zero attached hydrogens (tertiary/aromatic N) is 4. The van der Waals surface area contributed by atoms with Crippen molar-refractivity contribution in [3.05, 3.63) is 18.6 Å². The Morgan fingerprint density at radius 1 is 1.31 bits per heavy atom. The standard InChI is InChI=1S/C8H11N5/c1-12-5-6(3-11-12)7-4-10-8(9)13(7)2/h3-5H,1-2H3,(H2,9,10). The molecule has 0 aliphatic carbocycles. The van der Waals surface area contributed by atoms with Crippen molar-refractivity contribution in [2.75, 3.05) is 5.73 Å². The molecule has 0 radical (unpaired) electrons. The minimum atomic E-state index is 0.513. The highest BCUT2D eigenvalue weighted by atomic mass is 15.2. The summed E-state index contributed by atoms with van der Waals surface area (Å²) in [7, 11) is 3.76. The maximum Gasteiger partial charge on any atom is 0.200 e. The second kappa shape index (κ2) is 2.62. The molecular formula is C8H11N5. The quantitative estimate of drug-likeness (QED) is 0.686. The lowest BCUT2D eigenvalue weighted by Gasteiger charge is -1.98. The van der Waals surface area contributed by atoms with Gasteiger partial charge in [-0.15, -0.1) is 0 Å². The highest BCUT2D eigenvalue weighted by Gasteiger charge is 2.06. The third kappa shape index (κ3) is 1.18. The predicted octanol–water partition coefficient (Wildman–Crippen LogP) is 0.403. The average molecular weight is 177 g/mol. The van der Waals surface area contributed by atoms with Crippen LogP contribution in [0.1, 0.15) is 0 Å². The van der Waals surface area contributed by atoms with Gasteiger partial charge in [0.1, 0.15) is 0 Å². The van der Waals surface area contributed by atoms with Crippen molar-refractivity contribution in [3.63, 3.8) is 0 Å². The minimum absolute atomic E-state index is 0.513. The molecule has 0 unspecified atom stereocenters. The number of imidazole rings is 1. The van der Waals surface area contributed by atoms with E-state index < -0.39 is 0 Å². The lowest BCUT2D eigenvalue weighted by atomic mass is 10.3. The maximum absolute atomic E-state index is 5.61. The summed E-state index contributed by atoms with van der Waals surface area (Å²) in [6.45, 7) is 0. The van der Waals surface area contributed by atoms with E-state index in [0.717, 1.165) is 11.3 Å². The second-order valence-electron chi connectivity index (χ2n) is 2.96. The van der Waals surface area contributed by atoms with E-state index in [1.54, 1.807) is 17.1 Å². The van der Waals surface area contributed by atoms with E-state index in [1.807, 2.05) is 24.9 Å². The van der Waals surface area contributed by atoms with E-state index in [2.05, 4.69) is 10.1 Å². The van der Waals surface area contributed by atoms with E-state index >= 15 is 0 Å². The van der Waals surface area contributed by atoms with Crippen LogP contribution in [0.4, 0.5) is 5.95 Å².